The van der Waals surface area contributed by atoms with E-state index in [0.29, 0.717) is 0 Å². The molecule has 0 aliphatic carbocycles. The van der Waals surface area contributed by atoms with Crippen molar-refractivity contribution in [3.63, 3.8) is 0 Å². The van der Waals surface area contributed by atoms with E-state index in [-0.39, 0.29) is 17.1 Å². The number of carbonyl (C=O) groups is 1. The molecule has 2 rings (SSSR count). The lowest BCUT2D eigenvalue weighted by Crippen LogP contribution is -2.22. The van der Waals surface area contributed by atoms with Gasteiger partial charge in [-0.25, -0.2) is 0 Å². The maximum absolute atomic E-state index is 12.4. The van der Waals surface area contributed by atoms with Gasteiger partial charge in [-0.1, -0.05) is 21.6 Å². The zero-order chi connectivity index (χ0) is 16.2. The van der Waals surface area contributed by atoms with Crippen molar-refractivity contribution in [3.8, 4) is 5.75 Å². The minimum atomic E-state index is -5.17. The van der Waals surface area contributed by atoms with Gasteiger partial charge < -0.3 is 9.50 Å². The van der Waals surface area contributed by atoms with E-state index >= 15 is 0 Å². The molecule has 0 unspecified atom stereocenters. The number of carbonyl (C=O) groups excluding carboxylic acids is 1. The van der Waals surface area contributed by atoms with E-state index in [0.717, 1.165) is 11.6 Å². The molecule has 1 amide bonds. The lowest BCUT2D eigenvalue weighted by molar-refractivity contribution is 0.0951. The summed E-state index contributed by atoms with van der Waals surface area (Å²) in [5.41, 5.74) is 0.989. The minimum absolute atomic E-state index is 0.178. The maximum Gasteiger partial charge on any atom is 0.488 e. The van der Waals surface area contributed by atoms with E-state index in [1.807, 2.05) is 0 Å². The molecule has 1 aromatic carbocycles. The molecule has 0 saturated heterocycles. The monoisotopic (exact) mass is 344 g/mol. The quantitative estimate of drug-likeness (QED) is 0.841. The number of benzene rings is 1. The molecule has 22 heavy (non-hydrogen) atoms. The number of rotatable bonds is 5. The highest BCUT2D eigenvalue weighted by atomic mass is 35.5. The summed E-state index contributed by atoms with van der Waals surface area (Å²) in [6, 6.07) is 7.08. The molecule has 0 radical (unpaired) electrons. The van der Waals surface area contributed by atoms with Gasteiger partial charge in [-0.05, 0) is 29.8 Å². The normalized spacial score (nSPS) is 11.0. The summed E-state index contributed by atoms with van der Waals surface area (Å²) in [7, 11) is -5.17. The summed E-state index contributed by atoms with van der Waals surface area (Å²) in [6.45, 7) is 0.265. The number of halogens is 2. The summed E-state index contributed by atoms with van der Waals surface area (Å²) in [5, 5.41) is 2.44. The van der Waals surface area contributed by atoms with Crippen molar-refractivity contribution in [2.24, 2.45) is 0 Å². The van der Waals surface area contributed by atoms with Crippen LogP contribution in [0.3, 0.4) is 0 Å². The van der Waals surface area contributed by atoms with Gasteiger partial charge in [-0.15, -0.1) is 0 Å². The molecule has 0 bridgehead atoms. The molecular weight excluding hydrogens is 335 g/mol. The van der Waals surface area contributed by atoms with Gasteiger partial charge in [0.05, 0.1) is 5.02 Å². The summed E-state index contributed by atoms with van der Waals surface area (Å²) in [5.74, 6) is -0.826. The van der Waals surface area contributed by atoms with Crippen LogP contribution in [0.15, 0.2) is 42.7 Å². The number of nitrogens with zero attached hydrogens (tertiary/aromatic N) is 1. The van der Waals surface area contributed by atoms with Crippen LogP contribution in [0.1, 0.15) is 15.9 Å². The Morgan fingerprint density at radius 3 is 2.73 bits per heavy atom. The van der Waals surface area contributed by atoms with E-state index < -0.39 is 22.2 Å². The summed E-state index contributed by atoms with van der Waals surface area (Å²) in [4.78, 5) is 15.9. The molecule has 2 aromatic rings. The van der Waals surface area contributed by atoms with Crippen LogP contribution in [-0.4, -0.2) is 19.3 Å². The van der Waals surface area contributed by atoms with Gasteiger partial charge in [-0.3, -0.25) is 9.78 Å². The molecule has 0 fully saturated rings. The van der Waals surface area contributed by atoms with Crippen molar-refractivity contribution in [2.45, 2.75) is 6.54 Å². The Labute approximate surface area is 131 Å². The summed E-state index contributed by atoms with van der Waals surface area (Å²) in [6.07, 6.45) is 3.22. The fourth-order valence-electron chi connectivity index (χ4n) is 1.60. The highest BCUT2D eigenvalue weighted by molar-refractivity contribution is 7.81. The number of hydrogen-bond donors (Lipinski definition) is 1. The molecule has 0 aliphatic heterocycles. The predicted molar refractivity (Wildman–Crippen MR) is 77.5 cm³/mol. The average molecular weight is 345 g/mol. The summed E-state index contributed by atoms with van der Waals surface area (Å²) < 4.78 is 37.3. The first kappa shape index (κ1) is 16.2. The van der Waals surface area contributed by atoms with Crippen LogP contribution in [-0.2, 0) is 17.0 Å². The Balaban J connectivity index is 2.06. The van der Waals surface area contributed by atoms with Crippen molar-refractivity contribution >= 4 is 28.0 Å². The van der Waals surface area contributed by atoms with Crippen molar-refractivity contribution in [1.82, 2.24) is 10.3 Å². The SMILES string of the molecule is O=C(NCc1cccnc1)c1ccc(OS(=O)(=O)F)c(Cl)c1. The molecule has 1 heterocycles. The smallest absolute Gasteiger partial charge is 0.357 e. The van der Waals surface area contributed by atoms with Gasteiger partial charge in [0, 0.05) is 24.5 Å². The van der Waals surface area contributed by atoms with Crippen molar-refractivity contribution < 1.29 is 21.3 Å². The molecule has 116 valence electrons. The van der Waals surface area contributed by atoms with Crippen molar-refractivity contribution in [2.75, 3.05) is 0 Å². The summed E-state index contributed by atoms with van der Waals surface area (Å²) >= 11 is 5.75. The van der Waals surface area contributed by atoms with Crippen LogP contribution in [0.5, 0.6) is 5.75 Å². The lowest BCUT2D eigenvalue weighted by atomic mass is 10.2. The van der Waals surface area contributed by atoms with Crippen molar-refractivity contribution in [1.29, 1.82) is 0 Å². The van der Waals surface area contributed by atoms with E-state index in [2.05, 4.69) is 14.5 Å². The molecule has 6 nitrogen and oxygen atoms in total. The van der Waals surface area contributed by atoms with Gasteiger partial charge >= 0.3 is 10.5 Å². The fraction of sp³-hybridized carbons (Fsp3) is 0.0769. The van der Waals surface area contributed by atoms with Crippen LogP contribution >= 0.6 is 11.6 Å². The third kappa shape index (κ3) is 4.68. The standard InChI is InChI=1S/C13H10ClFN2O4S/c14-11-6-10(3-4-12(11)21-22(15,19)20)13(18)17-8-9-2-1-5-16-7-9/h1-7H,8H2,(H,17,18). The first-order chi connectivity index (χ1) is 10.3. The molecule has 0 atom stereocenters. The second-order valence-corrected chi connectivity index (χ2v) is 5.53. The van der Waals surface area contributed by atoms with Crippen LogP contribution in [0.25, 0.3) is 0 Å². The van der Waals surface area contributed by atoms with E-state index in [4.69, 9.17) is 11.6 Å². The third-order valence-corrected chi connectivity index (χ3v) is 3.23. The molecule has 1 N–H and O–H groups in total. The topological polar surface area (TPSA) is 85.4 Å². The largest absolute Gasteiger partial charge is 0.488 e. The Hall–Kier alpha value is -2.19. The number of nitrogens with one attached hydrogen (secondary N) is 1. The fourth-order valence-corrected chi connectivity index (χ4v) is 2.23. The Bertz CT molecular complexity index is 784. The van der Waals surface area contributed by atoms with E-state index in [9.17, 15) is 17.1 Å². The van der Waals surface area contributed by atoms with Crippen molar-refractivity contribution in [3.05, 3.63) is 58.9 Å². The molecule has 0 aliphatic rings. The van der Waals surface area contributed by atoms with Crippen LogP contribution in [0, 0.1) is 0 Å². The maximum atomic E-state index is 12.4. The van der Waals surface area contributed by atoms with Gasteiger partial charge in [0.25, 0.3) is 5.91 Å². The second-order valence-electron chi connectivity index (χ2n) is 4.17. The first-order valence-electron chi connectivity index (χ1n) is 5.96. The molecule has 1 aromatic heterocycles. The first-order valence-corrected chi connectivity index (χ1v) is 7.64. The predicted octanol–water partition coefficient (Wildman–Crippen LogP) is 2.26. The zero-order valence-corrected chi connectivity index (χ0v) is 12.6. The van der Waals surface area contributed by atoms with E-state index in [1.54, 1.807) is 24.5 Å². The minimum Gasteiger partial charge on any atom is -0.357 e. The Morgan fingerprint density at radius 1 is 1.36 bits per heavy atom. The van der Waals surface area contributed by atoms with Gasteiger partial charge in [0.15, 0.2) is 5.75 Å². The lowest BCUT2D eigenvalue weighted by Gasteiger charge is -2.07. The van der Waals surface area contributed by atoms with Crippen LogP contribution in [0.4, 0.5) is 3.89 Å². The second kappa shape index (κ2) is 6.71. The highest BCUT2D eigenvalue weighted by Gasteiger charge is 2.15. The van der Waals surface area contributed by atoms with Gasteiger partial charge in [-0.2, -0.15) is 8.42 Å². The Morgan fingerprint density at radius 2 is 2.14 bits per heavy atom. The van der Waals surface area contributed by atoms with Gasteiger partial charge in [0.2, 0.25) is 0 Å². The Kier molecular flexibility index (Phi) is 4.94. The number of hydrogen-bond acceptors (Lipinski definition) is 5. The van der Waals surface area contributed by atoms with E-state index in [1.165, 1.54) is 12.1 Å². The van der Waals surface area contributed by atoms with Crippen LogP contribution in [0.2, 0.25) is 5.02 Å². The molecule has 0 saturated carbocycles. The average Bonchev–Trinajstić information content (AvgIpc) is 2.46. The number of amides is 1. The van der Waals surface area contributed by atoms with Gasteiger partial charge in [0.1, 0.15) is 0 Å². The third-order valence-electron chi connectivity index (χ3n) is 2.56. The number of aromatic nitrogens is 1. The molecule has 0 spiro atoms. The zero-order valence-electron chi connectivity index (χ0n) is 11.0. The molecule has 9 heteroatoms. The van der Waals surface area contributed by atoms with Crippen LogP contribution < -0.4 is 9.50 Å². The highest BCUT2D eigenvalue weighted by Crippen LogP contribution is 2.27. The molecular formula is C13H10ClFN2O4S. The number of pyridine rings is 1.